The molecular formula is C3H9Cl2NO. The number of nitrogens with one attached hydrogen (secondary N) is 1. The van der Waals surface area contributed by atoms with Crippen LogP contribution in [-0.4, -0.2) is 24.9 Å². The van der Waals surface area contributed by atoms with Gasteiger partial charge in [-0.05, 0) is 0 Å². The molecule has 0 radical (unpaired) electrons. The second kappa shape index (κ2) is 6.50. The Morgan fingerprint density at radius 2 is 2.14 bits per heavy atom. The minimum absolute atomic E-state index is 0. The Morgan fingerprint density at radius 3 is 2.14 bits per heavy atom. The molecule has 0 aromatic carbocycles. The highest BCUT2D eigenvalue weighted by molar-refractivity contribution is 6.16. The molecule has 0 saturated heterocycles. The molecule has 2 N–H and O–H groups in total. The number of alkyl halides is 1. The van der Waals surface area contributed by atoms with Crippen molar-refractivity contribution in [1.82, 2.24) is 0 Å². The van der Waals surface area contributed by atoms with Crippen molar-refractivity contribution in [3.8, 4) is 0 Å². The first-order valence-electron chi connectivity index (χ1n) is 1.79. The molecule has 0 rings (SSSR count). The summed E-state index contributed by atoms with van der Waals surface area (Å²) in [6.45, 7) is 0.115. The lowest BCUT2D eigenvalue weighted by Gasteiger charge is -2.01. The number of halogens is 2. The first-order valence-corrected chi connectivity index (χ1v) is 2.33. The third-order valence-corrected chi connectivity index (χ3v) is 0.954. The predicted molar refractivity (Wildman–Crippen MR) is 24.7 cm³/mol. The van der Waals surface area contributed by atoms with Crippen LogP contribution in [0, 0.1) is 0 Å². The summed E-state index contributed by atoms with van der Waals surface area (Å²) in [7, 11) is 1.81. The maximum absolute atomic E-state index is 8.21. The maximum atomic E-state index is 8.21. The van der Waals surface area contributed by atoms with E-state index in [0.717, 1.165) is 4.90 Å². The molecule has 0 bridgehead atoms. The van der Waals surface area contributed by atoms with Gasteiger partial charge < -0.3 is 22.4 Å². The Labute approximate surface area is 54.5 Å². The van der Waals surface area contributed by atoms with Crippen LogP contribution in [0.5, 0.6) is 0 Å². The first-order chi connectivity index (χ1) is 2.81. The van der Waals surface area contributed by atoms with Crippen LogP contribution in [0.4, 0.5) is 0 Å². The number of hydrogen-bond acceptors (Lipinski definition) is 1. The highest BCUT2D eigenvalue weighted by Gasteiger charge is 1.88. The van der Waals surface area contributed by atoms with E-state index in [1.54, 1.807) is 0 Å². The standard InChI is InChI=1S/C3H8ClNO.ClH/c1-5(2-4)3-6;/h6H,2-3H2,1H3;1H. The molecule has 0 fully saturated rings. The van der Waals surface area contributed by atoms with Crippen LogP contribution in [0.3, 0.4) is 0 Å². The van der Waals surface area contributed by atoms with Crippen molar-refractivity contribution in [3.63, 3.8) is 0 Å². The van der Waals surface area contributed by atoms with E-state index < -0.39 is 0 Å². The van der Waals surface area contributed by atoms with Gasteiger partial charge in [0.15, 0.2) is 12.7 Å². The van der Waals surface area contributed by atoms with Crippen LogP contribution in [0.1, 0.15) is 0 Å². The van der Waals surface area contributed by atoms with Gasteiger partial charge in [0, 0.05) is 0 Å². The van der Waals surface area contributed by atoms with Gasteiger partial charge in [0.05, 0.1) is 7.05 Å². The van der Waals surface area contributed by atoms with E-state index in [2.05, 4.69) is 0 Å². The molecule has 1 unspecified atom stereocenters. The van der Waals surface area contributed by atoms with E-state index in [9.17, 15) is 0 Å². The van der Waals surface area contributed by atoms with E-state index in [4.69, 9.17) is 16.7 Å². The number of rotatable bonds is 2. The Bertz CT molecular complexity index is 32.1. The van der Waals surface area contributed by atoms with Crippen LogP contribution in [0.2, 0.25) is 0 Å². The van der Waals surface area contributed by atoms with Crippen molar-refractivity contribution in [1.29, 1.82) is 0 Å². The van der Waals surface area contributed by atoms with E-state index in [1.807, 2.05) is 7.05 Å². The SMILES string of the molecule is C[NH+](CO)CCl.[Cl-]. The summed E-state index contributed by atoms with van der Waals surface area (Å²) in [4.78, 5) is 0.914. The number of hydrogen-bond donors (Lipinski definition) is 2. The summed E-state index contributed by atoms with van der Waals surface area (Å²) in [6.07, 6.45) is 0. The zero-order chi connectivity index (χ0) is 4.99. The summed E-state index contributed by atoms with van der Waals surface area (Å²) in [5.41, 5.74) is 0. The third-order valence-electron chi connectivity index (χ3n) is 0.498. The van der Waals surface area contributed by atoms with Gasteiger partial charge in [-0.2, -0.15) is 0 Å². The Hall–Kier alpha value is 0.500. The Balaban J connectivity index is 0. The van der Waals surface area contributed by atoms with Gasteiger partial charge in [-0.25, -0.2) is 0 Å². The van der Waals surface area contributed by atoms with Crippen molar-refractivity contribution in [2.45, 2.75) is 0 Å². The fraction of sp³-hybridized carbons (Fsp3) is 1.00. The van der Waals surface area contributed by atoms with Crippen molar-refractivity contribution >= 4 is 11.6 Å². The second-order valence-electron chi connectivity index (χ2n) is 1.25. The summed E-state index contributed by atoms with van der Waals surface area (Å²) >= 11 is 5.26. The molecule has 46 valence electrons. The summed E-state index contributed by atoms with van der Waals surface area (Å²) < 4.78 is 0. The zero-order valence-electron chi connectivity index (χ0n) is 4.12. The molecule has 0 aromatic heterocycles. The fourth-order valence-corrected chi connectivity index (χ4v) is 0.127. The highest BCUT2D eigenvalue weighted by atomic mass is 35.5. The molecule has 0 saturated carbocycles. The summed E-state index contributed by atoms with van der Waals surface area (Å²) in [5.74, 6) is 0. The Kier molecular flexibility index (Phi) is 9.73. The van der Waals surface area contributed by atoms with Gasteiger partial charge in [-0.1, -0.05) is 11.6 Å². The van der Waals surface area contributed by atoms with Crippen molar-refractivity contribution in [2.75, 3.05) is 19.8 Å². The zero-order valence-corrected chi connectivity index (χ0v) is 5.63. The van der Waals surface area contributed by atoms with Gasteiger partial charge in [-0.15, -0.1) is 0 Å². The molecular weight excluding hydrogens is 137 g/mol. The van der Waals surface area contributed by atoms with Gasteiger partial charge in [0.2, 0.25) is 0 Å². The van der Waals surface area contributed by atoms with Crippen molar-refractivity contribution in [3.05, 3.63) is 0 Å². The molecule has 1 atom stereocenters. The lowest BCUT2D eigenvalue weighted by atomic mass is 10.9. The average molecular weight is 146 g/mol. The molecule has 0 heterocycles. The molecule has 0 spiro atoms. The van der Waals surface area contributed by atoms with Gasteiger partial charge in [0.25, 0.3) is 0 Å². The van der Waals surface area contributed by atoms with Gasteiger partial charge in [-0.3, -0.25) is 0 Å². The molecule has 0 aliphatic heterocycles. The maximum Gasteiger partial charge on any atom is 0.179 e. The number of quaternary nitrogens is 1. The highest BCUT2D eigenvalue weighted by Crippen LogP contribution is 1.51. The summed E-state index contributed by atoms with van der Waals surface area (Å²) in [6, 6.07) is 0.469. The molecule has 0 aliphatic carbocycles. The van der Waals surface area contributed by atoms with Crippen LogP contribution in [-0.2, 0) is 0 Å². The van der Waals surface area contributed by atoms with Crippen LogP contribution >= 0.6 is 11.6 Å². The molecule has 2 nitrogen and oxygen atoms in total. The van der Waals surface area contributed by atoms with E-state index in [0.29, 0.717) is 6.00 Å². The minimum Gasteiger partial charge on any atom is -1.00 e. The second-order valence-corrected chi connectivity index (χ2v) is 1.52. The monoisotopic (exact) mass is 145 g/mol. The normalized spacial score (nSPS) is 12.4. The van der Waals surface area contributed by atoms with Gasteiger partial charge >= 0.3 is 0 Å². The molecule has 0 aliphatic rings. The topological polar surface area (TPSA) is 24.7 Å². The molecule has 4 heteroatoms. The van der Waals surface area contributed by atoms with E-state index >= 15 is 0 Å². The fourth-order valence-electron chi connectivity index (χ4n) is 0.0423. The minimum atomic E-state index is 0. The quantitative estimate of drug-likeness (QED) is 0.230. The van der Waals surface area contributed by atoms with Crippen molar-refractivity contribution in [2.24, 2.45) is 0 Å². The Morgan fingerprint density at radius 1 is 1.71 bits per heavy atom. The lowest BCUT2D eigenvalue weighted by molar-refractivity contribution is -0.888. The third kappa shape index (κ3) is 6.50. The molecule has 7 heavy (non-hydrogen) atoms. The number of aliphatic hydroxyl groups excluding tert-OH is 1. The smallest absolute Gasteiger partial charge is 0.179 e. The van der Waals surface area contributed by atoms with Crippen LogP contribution < -0.4 is 17.3 Å². The predicted octanol–water partition coefficient (Wildman–Crippen LogP) is -4.35. The molecule has 0 aromatic rings. The van der Waals surface area contributed by atoms with Crippen LogP contribution in [0.25, 0.3) is 0 Å². The van der Waals surface area contributed by atoms with E-state index in [-0.39, 0.29) is 19.1 Å². The van der Waals surface area contributed by atoms with Gasteiger partial charge in [0.1, 0.15) is 0 Å². The van der Waals surface area contributed by atoms with Crippen molar-refractivity contribution < 1.29 is 22.4 Å². The largest absolute Gasteiger partial charge is 1.00 e. The average Bonchev–Trinajstić information content (AvgIpc) is 1.65. The summed E-state index contributed by atoms with van der Waals surface area (Å²) in [5, 5.41) is 8.21. The molecule has 0 amide bonds. The number of aliphatic hydroxyl groups is 1. The first kappa shape index (κ1) is 10.5. The van der Waals surface area contributed by atoms with E-state index in [1.165, 1.54) is 0 Å². The lowest BCUT2D eigenvalue weighted by Crippen LogP contribution is -3.08. The van der Waals surface area contributed by atoms with Crippen LogP contribution in [0.15, 0.2) is 0 Å².